The number of pyridine rings is 1. The lowest BCUT2D eigenvalue weighted by Crippen LogP contribution is -1.99. The van der Waals surface area contributed by atoms with Crippen LogP contribution in [0.1, 0.15) is 12.5 Å². The molecule has 1 aromatic heterocycles. The van der Waals surface area contributed by atoms with Crippen LogP contribution in [0.4, 0.5) is 0 Å². The maximum atomic E-state index is 9.57. The SMILES string of the molecule is CCOc1nc(-c2ccccc2)c(C#N)c2ccccc12. The van der Waals surface area contributed by atoms with Crippen LogP contribution in [-0.4, -0.2) is 11.6 Å². The maximum absolute atomic E-state index is 9.57. The van der Waals surface area contributed by atoms with E-state index in [9.17, 15) is 5.26 Å². The molecule has 0 saturated carbocycles. The van der Waals surface area contributed by atoms with Gasteiger partial charge in [-0.15, -0.1) is 0 Å². The van der Waals surface area contributed by atoms with Gasteiger partial charge in [-0.2, -0.15) is 5.26 Å². The van der Waals surface area contributed by atoms with Gasteiger partial charge in [-0.25, -0.2) is 4.98 Å². The molecular weight excluding hydrogens is 260 g/mol. The number of ether oxygens (including phenoxy) is 1. The second-order valence-electron chi connectivity index (χ2n) is 4.60. The molecule has 102 valence electrons. The highest BCUT2D eigenvalue weighted by atomic mass is 16.5. The van der Waals surface area contributed by atoms with Gasteiger partial charge in [-0.3, -0.25) is 0 Å². The number of nitrogens with zero attached hydrogens (tertiary/aromatic N) is 2. The van der Waals surface area contributed by atoms with E-state index in [1.807, 2.05) is 61.5 Å². The molecule has 0 saturated heterocycles. The van der Waals surface area contributed by atoms with Crippen LogP contribution in [-0.2, 0) is 0 Å². The molecule has 0 atom stereocenters. The predicted octanol–water partition coefficient (Wildman–Crippen LogP) is 4.17. The summed E-state index contributed by atoms with van der Waals surface area (Å²) < 4.78 is 5.66. The summed E-state index contributed by atoms with van der Waals surface area (Å²) in [6, 6.07) is 19.7. The van der Waals surface area contributed by atoms with Crippen LogP contribution >= 0.6 is 0 Å². The van der Waals surface area contributed by atoms with Gasteiger partial charge in [0.2, 0.25) is 5.88 Å². The summed E-state index contributed by atoms with van der Waals surface area (Å²) in [6.07, 6.45) is 0. The van der Waals surface area contributed by atoms with Crippen LogP contribution in [0.3, 0.4) is 0 Å². The van der Waals surface area contributed by atoms with E-state index in [1.165, 1.54) is 0 Å². The topological polar surface area (TPSA) is 45.9 Å². The minimum Gasteiger partial charge on any atom is -0.478 e. The molecule has 21 heavy (non-hydrogen) atoms. The molecule has 0 bridgehead atoms. The van der Waals surface area contributed by atoms with E-state index in [-0.39, 0.29) is 0 Å². The first-order valence-electron chi connectivity index (χ1n) is 6.86. The van der Waals surface area contributed by atoms with Gasteiger partial charge in [0.25, 0.3) is 0 Å². The smallest absolute Gasteiger partial charge is 0.221 e. The Kier molecular flexibility index (Phi) is 3.53. The molecule has 2 aromatic carbocycles. The summed E-state index contributed by atoms with van der Waals surface area (Å²) in [5.41, 5.74) is 2.17. The lowest BCUT2D eigenvalue weighted by atomic mass is 10.0. The van der Waals surface area contributed by atoms with Crippen LogP contribution in [0.15, 0.2) is 54.6 Å². The average molecular weight is 274 g/mol. The Morgan fingerprint density at radius 1 is 1.00 bits per heavy atom. The van der Waals surface area contributed by atoms with Crippen LogP contribution in [0, 0.1) is 11.3 Å². The van der Waals surface area contributed by atoms with Crippen molar-refractivity contribution >= 4 is 10.8 Å². The largest absolute Gasteiger partial charge is 0.478 e. The minimum absolute atomic E-state index is 0.539. The zero-order valence-corrected chi connectivity index (χ0v) is 11.7. The van der Waals surface area contributed by atoms with Crippen molar-refractivity contribution in [1.29, 1.82) is 5.26 Å². The van der Waals surface area contributed by atoms with Gasteiger partial charge in [0.1, 0.15) is 6.07 Å². The predicted molar refractivity (Wildman–Crippen MR) is 83.1 cm³/mol. The summed E-state index contributed by atoms with van der Waals surface area (Å²) >= 11 is 0. The lowest BCUT2D eigenvalue weighted by molar-refractivity contribution is 0.331. The molecule has 0 aliphatic rings. The highest BCUT2D eigenvalue weighted by molar-refractivity contribution is 5.95. The Hall–Kier alpha value is -2.86. The molecule has 1 heterocycles. The van der Waals surface area contributed by atoms with Gasteiger partial charge >= 0.3 is 0 Å². The van der Waals surface area contributed by atoms with E-state index in [4.69, 9.17) is 4.74 Å². The summed E-state index contributed by atoms with van der Waals surface area (Å²) in [5.74, 6) is 0.575. The van der Waals surface area contributed by atoms with Crippen LogP contribution in [0.25, 0.3) is 22.0 Å². The third kappa shape index (κ3) is 2.32. The van der Waals surface area contributed by atoms with E-state index in [0.717, 1.165) is 16.3 Å². The number of hydrogen-bond acceptors (Lipinski definition) is 3. The third-order valence-electron chi connectivity index (χ3n) is 3.32. The first-order valence-corrected chi connectivity index (χ1v) is 6.86. The fraction of sp³-hybridized carbons (Fsp3) is 0.111. The van der Waals surface area contributed by atoms with Crippen molar-refractivity contribution in [3.8, 4) is 23.2 Å². The number of nitriles is 1. The lowest BCUT2D eigenvalue weighted by Gasteiger charge is -2.12. The molecule has 3 heteroatoms. The van der Waals surface area contributed by atoms with Crippen LogP contribution in [0.2, 0.25) is 0 Å². The molecule has 0 amide bonds. The Labute approximate surface area is 123 Å². The van der Waals surface area contributed by atoms with E-state index in [0.29, 0.717) is 23.7 Å². The van der Waals surface area contributed by atoms with E-state index in [2.05, 4.69) is 11.1 Å². The molecule has 0 radical (unpaired) electrons. The molecule has 0 unspecified atom stereocenters. The van der Waals surface area contributed by atoms with Crippen LogP contribution in [0.5, 0.6) is 5.88 Å². The van der Waals surface area contributed by atoms with Gasteiger partial charge in [-0.05, 0) is 13.0 Å². The van der Waals surface area contributed by atoms with Crippen molar-refractivity contribution in [2.45, 2.75) is 6.92 Å². The number of aromatic nitrogens is 1. The summed E-state index contributed by atoms with van der Waals surface area (Å²) in [4.78, 5) is 4.59. The maximum Gasteiger partial charge on any atom is 0.221 e. The summed E-state index contributed by atoms with van der Waals surface area (Å²) in [6.45, 7) is 2.47. The quantitative estimate of drug-likeness (QED) is 0.720. The highest BCUT2D eigenvalue weighted by Gasteiger charge is 2.15. The van der Waals surface area contributed by atoms with E-state index < -0.39 is 0 Å². The Morgan fingerprint density at radius 3 is 2.33 bits per heavy atom. The molecule has 0 N–H and O–H groups in total. The zero-order valence-electron chi connectivity index (χ0n) is 11.7. The van der Waals surface area contributed by atoms with Crippen molar-refractivity contribution < 1.29 is 4.74 Å². The number of fused-ring (bicyclic) bond motifs is 1. The molecule has 3 nitrogen and oxygen atoms in total. The first kappa shape index (κ1) is 13.1. The van der Waals surface area contributed by atoms with Crippen molar-refractivity contribution in [2.24, 2.45) is 0 Å². The van der Waals surface area contributed by atoms with Crippen LogP contribution < -0.4 is 4.74 Å². The number of benzene rings is 2. The number of rotatable bonds is 3. The van der Waals surface area contributed by atoms with Crippen molar-refractivity contribution in [3.63, 3.8) is 0 Å². The van der Waals surface area contributed by atoms with Gasteiger partial charge in [-0.1, -0.05) is 48.5 Å². The van der Waals surface area contributed by atoms with Gasteiger partial charge in [0.15, 0.2) is 0 Å². The second kappa shape index (κ2) is 5.64. The molecule has 3 aromatic rings. The summed E-state index contributed by atoms with van der Waals surface area (Å²) in [5, 5.41) is 11.3. The Morgan fingerprint density at radius 2 is 1.67 bits per heavy atom. The normalized spacial score (nSPS) is 10.3. The molecule has 0 aliphatic heterocycles. The van der Waals surface area contributed by atoms with E-state index in [1.54, 1.807) is 0 Å². The molecule has 0 spiro atoms. The second-order valence-corrected chi connectivity index (χ2v) is 4.60. The molecule has 0 fully saturated rings. The van der Waals surface area contributed by atoms with Gasteiger partial charge < -0.3 is 4.74 Å². The van der Waals surface area contributed by atoms with Crippen molar-refractivity contribution in [2.75, 3.05) is 6.61 Å². The first-order chi connectivity index (χ1) is 10.3. The van der Waals surface area contributed by atoms with Crippen molar-refractivity contribution in [3.05, 3.63) is 60.2 Å². The Balaban J connectivity index is 2.37. The zero-order chi connectivity index (χ0) is 14.7. The molecule has 0 aliphatic carbocycles. The minimum atomic E-state index is 0.539. The number of hydrogen-bond donors (Lipinski definition) is 0. The standard InChI is InChI=1S/C18H14N2O/c1-2-21-18-15-11-7-6-10-14(15)16(12-19)17(20-18)13-8-4-3-5-9-13/h3-11H,2H2,1H3. The van der Waals surface area contributed by atoms with Crippen molar-refractivity contribution in [1.82, 2.24) is 4.98 Å². The fourth-order valence-corrected chi connectivity index (χ4v) is 2.40. The molecule has 3 rings (SSSR count). The highest BCUT2D eigenvalue weighted by Crippen LogP contribution is 2.33. The fourth-order valence-electron chi connectivity index (χ4n) is 2.40. The average Bonchev–Trinajstić information content (AvgIpc) is 2.55. The molecular formula is C18H14N2O. The summed E-state index contributed by atoms with van der Waals surface area (Å²) in [7, 11) is 0. The van der Waals surface area contributed by atoms with Gasteiger partial charge in [0, 0.05) is 16.3 Å². The monoisotopic (exact) mass is 274 g/mol. The van der Waals surface area contributed by atoms with Gasteiger partial charge in [0.05, 0.1) is 17.9 Å². The Bertz CT molecular complexity index is 820. The third-order valence-corrected chi connectivity index (χ3v) is 3.32. The van der Waals surface area contributed by atoms with E-state index >= 15 is 0 Å².